The summed E-state index contributed by atoms with van der Waals surface area (Å²) in [6, 6.07) is 13.5. The number of hydrogen-bond donors (Lipinski definition) is 0. The number of pyridine rings is 3. The van der Waals surface area contributed by atoms with Gasteiger partial charge in [-0.3, -0.25) is 15.0 Å². The van der Waals surface area contributed by atoms with E-state index in [9.17, 15) is 0 Å². The van der Waals surface area contributed by atoms with Gasteiger partial charge in [0.1, 0.15) is 0 Å². The first-order valence-electron chi connectivity index (χ1n) is 12.4. The second-order valence-corrected chi connectivity index (χ2v) is 9.29. The fourth-order valence-electron chi connectivity index (χ4n) is 5.14. The number of nitrogens with zero attached hydrogens (tertiary/aromatic N) is 11. The van der Waals surface area contributed by atoms with E-state index in [1.807, 2.05) is 42.5 Å². The van der Waals surface area contributed by atoms with E-state index in [0.717, 1.165) is 43.8 Å². The summed E-state index contributed by atoms with van der Waals surface area (Å²) in [4.78, 5) is 51.7. The van der Waals surface area contributed by atoms with Crippen molar-refractivity contribution in [3.8, 4) is 45.6 Å². The number of aromatic nitrogens is 11. The van der Waals surface area contributed by atoms with E-state index in [1.54, 1.807) is 37.2 Å². The van der Waals surface area contributed by atoms with Gasteiger partial charge in [0.05, 0.1) is 23.3 Å². The van der Waals surface area contributed by atoms with Crippen molar-refractivity contribution in [2.24, 2.45) is 0 Å². The fourth-order valence-corrected chi connectivity index (χ4v) is 5.14. The molecule has 8 heterocycles. The number of fused-ring (bicyclic) bond motifs is 20. The molecule has 1 aromatic carbocycles. The zero-order valence-electron chi connectivity index (χ0n) is 20.7. The van der Waals surface area contributed by atoms with E-state index in [0.29, 0.717) is 45.9 Å². The molecule has 1 radical (unpaired) electrons. The van der Waals surface area contributed by atoms with Gasteiger partial charge in [-0.15, -0.1) is 0 Å². The van der Waals surface area contributed by atoms with Gasteiger partial charge in [0.2, 0.25) is 0 Å². The molecule has 8 bridgehead atoms. The molecular formula is C29H13CuN11. The molecule has 0 aliphatic carbocycles. The van der Waals surface area contributed by atoms with E-state index < -0.39 is 0 Å². The molecule has 2 aliphatic rings. The third-order valence-corrected chi connectivity index (χ3v) is 7.01. The largest absolute Gasteiger partial charge is 2.00 e. The summed E-state index contributed by atoms with van der Waals surface area (Å²) in [7, 11) is 0. The van der Waals surface area contributed by atoms with Crippen LogP contribution in [0.2, 0.25) is 0 Å². The summed E-state index contributed by atoms with van der Waals surface area (Å²) in [5.74, 6) is 1.94. The molecule has 12 heteroatoms. The Balaban J connectivity index is 0.00000256. The smallest absolute Gasteiger partial charge is 0.357 e. The molecule has 0 N–H and O–H groups in total. The van der Waals surface area contributed by atoms with E-state index in [1.165, 1.54) is 0 Å². The van der Waals surface area contributed by atoms with Gasteiger partial charge in [-0.2, -0.15) is 0 Å². The van der Waals surface area contributed by atoms with Crippen molar-refractivity contribution in [1.29, 1.82) is 0 Å². The SMILES string of the molecule is [Cu+2].c1ccc2c(c1)-c1nc-2nc2[n-]c(nc3nc(nc4[n-]c(n1)c1ccncc41)-c1ccncc1-3)c1cnccc21. The van der Waals surface area contributed by atoms with Gasteiger partial charge in [-0.1, -0.05) is 24.3 Å². The van der Waals surface area contributed by atoms with Crippen LogP contribution >= 0.6 is 0 Å². The second kappa shape index (κ2) is 8.78. The van der Waals surface area contributed by atoms with Crippen LogP contribution in [0, 0.1) is 0 Å². The molecule has 0 amide bonds. The molecule has 0 atom stereocenters. The van der Waals surface area contributed by atoms with E-state index in [2.05, 4.69) is 15.0 Å². The number of benzene rings is 1. The van der Waals surface area contributed by atoms with E-state index in [4.69, 9.17) is 39.9 Å². The van der Waals surface area contributed by atoms with Gasteiger partial charge in [0.15, 0.2) is 0 Å². The molecule has 0 saturated carbocycles. The Morgan fingerprint density at radius 1 is 0.390 bits per heavy atom. The van der Waals surface area contributed by atoms with Crippen molar-refractivity contribution in [2.45, 2.75) is 0 Å². The molecule has 0 unspecified atom stereocenters. The summed E-state index contributed by atoms with van der Waals surface area (Å²) in [6.07, 6.45) is 10.3. The van der Waals surface area contributed by atoms with E-state index in [-0.39, 0.29) is 17.1 Å². The maximum absolute atomic E-state index is 4.90. The molecule has 9 rings (SSSR count). The third-order valence-electron chi connectivity index (χ3n) is 7.01. The van der Waals surface area contributed by atoms with Crippen molar-refractivity contribution >= 4 is 44.1 Å². The van der Waals surface area contributed by atoms with Crippen LogP contribution in [0.15, 0.2) is 79.6 Å². The Morgan fingerprint density at radius 3 is 1.34 bits per heavy atom. The molecule has 0 fully saturated rings. The van der Waals surface area contributed by atoms with Crippen LogP contribution in [0.3, 0.4) is 0 Å². The summed E-state index contributed by atoms with van der Waals surface area (Å²) in [6.45, 7) is 0. The summed E-state index contributed by atoms with van der Waals surface area (Å²) < 4.78 is 0. The third kappa shape index (κ3) is 3.48. The van der Waals surface area contributed by atoms with Gasteiger partial charge in [-0.25, -0.2) is 9.97 Å². The first kappa shape index (κ1) is 23.4. The van der Waals surface area contributed by atoms with Crippen LogP contribution in [-0.2, 0) is 17.1 Å². The average molecular weight is 579 g/mol. The number of rotatable bonds is 0. The molecule has 41 heavy (non-hydrogen) atoms. The number of hydrogen-bond acceptors (Lipinski definition) is 9. The van der Waals surface area contributed by atoms with Crippen LogP contribution in [0.5, 0.6) is 0 Å². The van der Waals surface area contributed by atoms with Gasteiger partial charge in [0.25, 0.3) is 0 Å². The minimum absolute atomic E-state index is 0. The van der Waals surface area contributed by atoms with Crippen molar-refractivity contribution < 1.29 is 17.1 Å². The van der Waals surface area contributed by atoms with Crippen LogP contribution < -0.4 is 9.97 Å². The van der Waals surface area contributed by atoms with Gasteiger partial charge >= 0.3 is 17.1 Å². The van der Waals surface area contributed by atoms with E-state index >= 15 is 0 Å². The predicted molar refractivity (Wildman–Crippen MR) is 147 cm³/mol. The zero-order valence-corrected chi connectivity index (χ0v) is 21.7. The van der Waals surface area contributed by atoms with Gasteiger partial charge in [-0.05, 0) is 29.0 Å². The average Bonchev–Trinajstić information content (AvgIpc) is 3.73. The normalized spacial score (nSPS) is 11.7. The van der Waals surface area contributed by atoms with Crippen LogP contribution in [0.4, 0.5) is 0 Å². The maximum atomic E-state index is 4.90. The minimum Gasteiger partial charge on any atom is -0.357 e. The monoisotopic (exact) mass is 578 g/mol. The topological polar surface area (TPSA) is 144 Å². The summed E-state index contributed by atoms with van der Waals surface area (Å²) in [5, 5.41) is 3.13. The summed E-state index contributed by atoms with van der Waals surface area (Å²) >= 11 is 0. The van der Waals surface area contributed by atoms with Gasteiger partial charge < -0.3 is 29.9 Å². The van der Waals surface area contributed by atoms with Gasteiger partial charge in [0, 0.05) is 92.8 Å². The Morgan fingerprint density at radius 2 is 0.805 bits per heavy atom. The molecule has 0 saturated heterocycles. The first-order chi connectivity index (χ1) is 19.8. The van der Waals surface area contributed by atoms with Crippen molar-refractivity contribution in [3.05, 3.63) is 79.6 Å². The molecule has 0 spiro atoms. The van der Waals surface area contributed by atoms with Crippen LogP contribution in [-0.4, -0.2) is 44.9 Å². The molecule has 7 aromatic rings. The zero-order chi connectivity index (χ0) is 26.2. The van der Waals surface area contributed by atoms with Crippen molar-refractivity contribution in [1.82, 2.24) is 54.8 Å². The van der Waals surface area contributed by atoms with Crippen molar-refractivity contribution in [3.63, 3.8) is 0 Å². The minimum atomic E-state index is 0. The quantitative estimate of drug-likeness (QED) is 0.237. The molecule has 6 aromatic heterocycles. The standard InChI is InChI=1S/C29H13N11.Cu/c1-2-4-15-14(3-1)22-33-23(15)35-25-17-6-9-31-12-20(17)28(37-25)40-29-21-13-32-10-7-18(21)26(39-29)38-27-19-11-30-8-5-16(19)24(34-22)36-27;/h1-13H;/q-2;+2. The fraction of sp³-hybridized carbons (Fsp3) is 0. The van der Waals surface area contributed by atoms with Crippen molar-refractivity contribution in [2.75, 3.05) is 0 Å². The Hall–Kier alpha value is -5.45. The second-order valence-electron chi connectivity index (χ2n) is 9.29. The molecular weight excluding hydrogens is 566 g/mol. The first-order valence-corrected chi connectivity index (χ1v) is 12.4. The maximum Gasteiger partial charge on any atom is 2.00 e. The Bertz CT molecular complexity index is 2040. The van der Waals surface area contributed by atoms with Crippen LogP contribution in [0.1, 0.15) is 0 Å². The Kier molecular flexibility index (Phi) is 5.02. The van der Waals surface area contributed by atoms with Crippen LogP contribution in [0.25, 0.3) is 89.7 Å². The Labute approximate surface area is 240 Å². The molecule has 195 valence electrons. The molecule has 11 nitrogen and oxygen atoms in total. The summed E-state index contributed by atoms with van der Waals surface area (Å²) in [5.41, 5.74) is 5.15. The predicted octanol–water partition coefficient (Wildman–Crippen LogP) is 4.31. The molecule has 2 aliphatic heterocycles.